The fraction of sp³-hybridized carbons (Fsp3) is 0.125. The fourth-order valence-corrected chi connectivity index (χ4v) is 2.59. The lowest BCUT2D eigenvalue weighted by atomic mass is 10.4. The molecule has 0 fully saturated rings. The first-order valence-electron chi connectivity index (χ1n) is 9.02. The zero-order chi connectivity index (χ0) is 26.1. The largest absolute Gasteiger partial charge is 0.382 e. The molecule has 0 unspecified atom stereocenters. The van der Waals surface area contributed by atoms with Crippen molar-refractivity contribution in [2.75, 3.05) is 11.1 Å². The van der Waals surface area contributed by atoms with Gasteiger partial charge in [-0.3, -0.25) is 30.4 Å². The standard InChI is InChI=1S/C8H7ClN6O2.C4HCl2N3O2.C4H7N3/c1-4-2-6(14-13-4)11-7-5(15(16)17)3-10-8(9)12-7;5-3-2(9(10)11)1-7-4(6)8-3;1-3-2-4(5)7-6-3/h2-3H,1H3,(H2,10,11,12,13,14);1H;2H,1H3,(H3,5,6,7). The summed E-state index contributed by atoms with van der Waals surface area (Å²) in [5.74, 6) is 0.972. The minimum Gasteiger partial charge on any atom is -0.382 e. The first-order chi connectivity index (χ1) is 16.5. The predicted molar refractivity (Wildman–Crippen MR) is 127 cm³/mol. The maximum Gasteiger partial charge on any atom is 0.329 e. The molecular formula is C16H15Cl3N12O4. The molecule has 0 atom stereocenters. The number of aromatic amines is 2. The number of nitrogens with zero attached hydrogens (tertiary/aromatic N) is 8. The van der Waals surface area contributed by atoms with E-state index in [1.807, 2.05) is 6.92 Å². The Balaban J connectivity index is 0.000000205. The summed E-state index contributed by atoms with van der Waals surface area (Å²) in [5, 5.41) is 36.1. The molecule has 0 aliphatic carbocycles. The Bertz CT molecular complexity index is 1310. The van der Waals surface area contributed by atoms with Gasteiger partial charge in [0.25, 0.3) is 0 Å². The van der Waals surface area contributed by atoms with E-state index in [1.165, 1.54) is 0 Å². The van der Waals surface area contributed by atoms with Crippen LogP contribution in [-0.2, 0) is 0 Å². The molecule has 0 spiro atoms. The lowest BCUT2D eigenvalue weighted by Gasteiger charge is -2.02. The van der Waals surface area contributed by atoms with E-state index in [4.69, 9.17) is 40.5 Å². The molecule has 4 aromatic heterocycles. The number of hydrogen-bond acceptors (Lipinski definition) is 12. The average molecular weight is 546 g/mol. The third-order valence-corrected chi connectivity index (χ3v) is 4.15. The molecule has 5 N–H and O–H groups in total. The fourth-order valence-electron chi connectivity index (χ4n) is 2.08. The van der Waals surface area contributed by atoms with E-state index in [-0.39, 0.29) is 32.9 Å². The molecular weight excluding hydrogens is 531 g/mol. The van der Waals surface area contributed by atoms with Crippen LogP contribution >= 0.6 is 34.8 Å². The second-order valence-corrected chi connectivity index (χ2v) is 7.27. The van der Waals surface area contributed by atoms with Crippen LogP contribution in [0.15, 0.2) is 24.5 Å². The molecule has 4 rings (SSSR count). The number of anilines is 3. The highest BCUT2D eigenvalue weighted by Gasteiger charge is 2.17. The highest BCUT2D eigenvalue weighted by Crippen LogP contribution is 2.25. The van der Waals surface area contributed by atoms with Crippen molar-refractivity contribution in [3.63, 3.8) is 0 Å². The molecule has 0 aromatic carbocycles. The van der Waals surface area contributed by atoms with Crippen LogP contribution in [0, 0.1) is 34.1 Å². The van der Waals surface area contributed by atoms with E-state index in [1.54, 1.807) is 19.1 Å². The van der Waals surface area contributed by atoms with Gasteiger partial charge >= 0.3 is 11.4 Å². The first kappa shape index (κ1) is 27.1. The first-order valence-corrected chi connectivity index (χ1v) is 10.2. The Morgan fingerprint density at radius 2 is 1.43 bits per heavy atom. The third-order valence-electron chi connectivity index (χ3n) is 3.51. The number of nitro groups is 2. The highest BCUT2D eigenvalue weighted by atomic mass is 35.5. The van der Waals surface area contributed by atoms with Crippen molar-refractivity contribution >= 4 is 63.6 Å². The van der Waals surface area contributed by atoms with Gasteiger partial charge in [-0.1, -0.05) is 11.6 Å². The van der Waals surface area contributed by atoms with Crippen LogP contribution < -0.4 is 11.1 Å². The van der Waals surface area contributed by atoms with E-state index in [0.717, 1.165) is 23.8 Å². The van der Waals surface area contributed by atoms with Crippen molar-refractivity contribution in [3.05, 3.63) is 71.9 Å². The molecule has 0 aliphatic heterocycles. The zero-order valence-corrected chi connectivity index (χ0v) is 20.0. The van der Waals surface area contributed by atoms with Gasteiger partial charge in [-0.2, -0.15) is 20.2 Å². The molecule has 4 aromatic rings. The van der Waals surface area contributed by atoms with Gasteiger partial charge in [0, 0.05) is 23.5 Å². The highest BCUT2D eigenvalue weighted by molar-refractivity contribution is 6.33. The minimum absolute atomic E-state index is 0.00139. The Morgan fingerprint density at radius 3 is 1.86 bits per heavy atom. The number of aromatic nitrogens is 8. The molecule has 0 radical (unpaired) electrons. The monoisotopic (exact) mass is 544 g/mol. The normalized spacial score (nSPS) is 9.86. The van der Waals surface area contributed by atoms with Crippen LogP contribution in [0.5, 0.6) is 0 Å². The van der Waals surface area contributed by atoms with Gasteiger partial charge in [0.2, 0.25) is 21.5 Å². The van der Waals surface area contributed by atoms with Crippen molar-refractivity contribution < 1.29 is 9.85 Å². The van der Waals surface area contributed by atoms with Crippen molar-refractivity contribution in [2.45, 2.75) is 13.8 Å². The van der Waals surface area contributed by atoms with E-state index >= 15 is 0 Å². The second kappa shape index (κ2) is 12.4. The predicted octanol–water partition coefficient (Wildman–Crippen LogP) is 3.81. The summed E-state index contributed by atoms with van der Waals surface area (Å²) in [5.41, 5.74) is 6.43. The summed E-state index contributed by atoms with van der Waals surface area (Å²) >= 11 is 16.2. The number of rotatable bonds is 4. The topological polar surface area (TPSA) is 233 Å². The van der Waals surface area contributed by atoms with Gasteiger partial charge < -0.3 is 11.1 Å². The van der Waals surface area contributed by atoms with Crippen LogP contribution in [-0.4, -0.2) is 50.2 Å². The number of aryl methyl sites for hydroxylation is 2. The molecule has 0 aliphatic rings. The molecule has 4 heterocycles. The summed E-state index contributed by atoms with van der Waals surface area (Å²) in [4.78, 5) is 33.7. The second-order valence-electron chi connectivity index (χ2n) is 6.24. The lowest BCUT2D eigenvalue weighted by Crippen LogP contribution is -2.01. The van der Waals surface area contributed by atoms with Gasteiger partial charge in [-0.25, -0.2) is 9.97 Å². The smallest absolute Gasteiger partial charge is 0.329 e. The summed E-state index contributed by atoms with van der Waals surface area (Å²) in [6.45, 7) is 3.71. The number of nitrogens with one attached hydrogen (secondary N) is 3. The van der Waals surface area contributed by atoms with Crippen molar-refractivity contribution in [1.29, 1.82) is 0 Å². The zero-order valence-electron chi connectivity index (χ0n) is 17.7. The van der Waals surface area contributed by atoms with E-state index in [2.05, 4.69) is 45.6 Å². The molecule has 0 saturated heterocycles. The Hall–Kier alpha value is -4.15. The van der Waals surface area contributed by atoms with Crippen LogP contribution in [0.25, 0.3) is 0 Å². The Morgan fingerprint density at radius 1 is 0.886 bits per heavy atom. The Kier molecular flexibility index (Phi) is 9.56. The molecule has 0 bridgehead atoms. The van der Waals surface area contributed by atoms with Crippen LogP contribution in [0.4, 0.5) is 28.8 Å². The number of nitrogen functional groups attached to an aromatic ring is 1. The van der Waals surface area contributed by atoms with Crippen molar-refractivity contribution in [3.8, 4) is 0 Å². The maximum absolute atomic E-state index is 10.7. The molecule has 19 heteroatoms. The van der Waals surface area contributed by atoms with Gasteiger partial charge in [-0.05, 0) is 37.0 Å². The van der Waals surface area contributed by atoms with Crippen LogP contribution in [0.3, 0.4) is 0 Å². The van der Waals surface area contributed by atoms with Crippen molar-refractivity contribution in [2.24, 2.45) is 0 Å². The molecule has 16 nitrogen and oxygen atoms in total. The van der Waals surface area contributed by atoms with Crippen LogP contribution in [0.2, 0.25) is 15.7 Å². The molecule has 0 saturated carbocycles. The summed E-state index contributed by atoms with van der Waals surface area (Å²) < 4.78 is 0. The van der Waals surface area contributed by atoms with Gasteiger partial charge in [0.05, 0.1) is 9.85 Å². The van der Waals surface area contributed by atoms with E-state index < -0.39 is 9.85 Å². The summed E-state index contributed by atoms with van der Waals surface area (Å²) in [6.07, 6.45) is 1.99. The van der Waals surface area contributed by atoms with Gasteiger partial charge in [-0.15, -0.1) is 0 Å². The number of nitrogens with two attached hydrogens (primary N) is 1. The average Bonchev–Trinajstić information content (AvgIpc) is 3.35. The Labute approximate surface area is 210 Å². The lowest BCUT2D eigenvalue weighted by molar-refractivity contribution is -0.385. The number of H-pyrrole nitrogens is 2. The SMILES string of the molecule is Cc1cc(N)n[nH]1.Cc1cc(Nc2nc(Cl)ncc2[N+](=O)[O-])n[nH]1.O=[N+]([O-])c1cnc(Cl)nc1Cl. The summed E-state index contributed by atoms with van der Waals surface area (Å²) in [6, 6.07) is 3.46. The maximum atomic E-state index is 10.7. The minimum atomic E-state index is -0.682. The third kappa shape index (κ3) is 8.61. The van der Waals surface area contributed by atoms with Gasteiger partial charge in [0.1, 0.15) is 18.2 Å². The van der Waals surface area contributed by atoms with E-state index in [0.29, 0.717) is 11.6 Å². The van der Waals surface area contributed by atoms with E-state index in [9.17, 15) is 20.2 Å². The molecule has 0 amide bonds. The van der Waals surface area contributed by atoms with Crippen molar-refractivity contribution in [1.82, 2.24) is 40.3 Å². The van der Waals surface area contributed by atoms with Crippen LogP contribution in [0.1, 0.15) is 11.4 Å². The number of hydrogen-bond donors (Lipinski definition) is 4. The molecule has 35 heavy (non-hydrogen) atoms. The number of halogens is 3. The van der Waals surface area contributed by atoms with Gasteiger partial charge in [0.15, 0.2) is 5.82 Å². The quantitative estimate of drug-likeness (QED) is 0.124. The summed E-state index contributed by atoms with van der Waals surface area (Å²) in [7, 11) is 0. The molecule has 184 valence electrons.